The second-order valence-electron chi connectivity index (χ2n) is 2.69. The zero-order valence-electron chi connectivity index (χ0n) is 6.40. The van der Waals surface area contributed by atoms with Gasteiger partial charge in [0.15, 0.2) is 0 Å². The van der Waals surface area contributed by atoms with Crippen molar-refractivity contribution in [3.05, 3.63) is 32.8 Å². The summed E-state index contributed by atoms with van der Waals surface area (Å²) in [4.78, 5) is 0. The van der Waals surface area contributed by atoms with Crippen molar-refractivity contribution in [1.29, 1.82) is 0 Å². The molecule has 0 nitrogen and oxygen atoms in total. The van der Waals surface area contributed by atoms with Crippen molar-refractivity contribution < 1.29 is 0 Å². The van der Waals surface area contributed by atoms with Crippen molar-refractivity contribution in [3.63, 3.8) is 0 Å². The summed E-state index contributed by atoms with van der Waals surface area (Å²) in [5.74, 6) is 0. The lowest BCUT2D eigenvalue weighted by molar-refractivity contribution is 0.928. The average Bonchev–Trinajstić information content (AvgIpc) is 1.93. The molecule has 0 spiro atoms. The summed E-state index contributed by atoms with van der Waals surface area (Å²) in [5.41, 5.74) is 2.84. The van der Waals surface area contributed by atoms with Gasteiger partial charge in [0.1, 0.15) is 0 Å². The Kier molecular flexibility index (Phi) is 3.60. The minimum atomic E-state index is 1.02. The fourth-order valence-electron chi connectivity index (χ4n) is 1.02. The van der Waals surface area contributed by atoms with Crippen molar-refractivity contribution in [3.8, 4) is 0 Å². The second kappa shape index (κ2) is 4.27. The molecule has 2 heteroatoms. The van der Waals surface area contributed by atoms with E-state index in [-0.39, 0.29) is 0 Å². The molecule has 0 bridgehead atoms. The van der Waals surface area contributed by atoms with Crippen LogP contribution in [0.1, 0.15) is 19.8 Å². The van der Waals surface area contributed by atoms with Gasteiger partial charge >= 0.3 is 0 Å². The average molecular weight is 278 g/mol. The SMILES string of the molecule is CC1=CC=C(C=C(Br)Br)CC1. The molecule has 0 atom stereocenters. The van der Waals surface area contributed by atoms with Crippen LogP contribution in [0.15, 0.2) is 32.8 Å². The Morgan fingerprint density at radius 1 is 1.36 bits per heavy atom. The summed E-state index contributed by atoms with van der Waals surface area (Å²) in [5, 5.41) is 0. The van der Waals surface area contributed by atoms with E-state index < -0.39 is 0 Å². The van der Waals surface area contributed by atoms with Crippen LogP contribution < -0.4 is 0 Å². The van der Waals surface area contributed by atoms with Crippen molar-refractivity contribution in [2.24, 2.45) is 0 Å². The van der Waals surface area contributed by atoms with E-state index in [9.17, 15) is 0 Å². The quantitative estimate of drug-likeness (QED) is 0.671. The van der Waals surface area contributed by atoms with Gasteiger partial charge < -0.3 is 0 Å². The Morgan fingerprint density at radius 2 is 2.09 bits per heavy atom. The van der Waals surface area contributed by atoms with Crippen molar-refractivity contribution in [1.82, 2.24) is 0 Å². The minimum Gasteiger partial charge on any atom is -0.0730 e. The lowest BCUT2D eigenvalue weighted by atomic mass is 10.00. The number of hydrogen-bond donors (Lipinski definition) is 0. The standard InChI is InChI=1S/C9H10Br2/c1-7-2-4-8(5-3-7)6-9(10)11/h2,4,6H,3,5H2,1H3. The number of hydrogen-bond acceptors (Lipinski definition) is 0. The normalized spacial score (nSPS) is 17.0. The van der Waals surface area contributed by atoms with Crippen LogP contribution in [0.5, 0.6) is 0 Å². The molecule has 0 aromatic rings. The second-order valence-corrected chi connectivity index (χ2v) is 5.46. The summed E-state index contributed by atoms with van der Waals surface area (Å²) in [6.45, 7) is 2.17. The smallest absolute Gasteiger partial charge is 0.0606 e. The van der Waals surface area contributed by atoms with Gasteiger partial charge in [-0.2, -0.15) is 0 Å². The molecule has 0 saturated carbocycles. The molecule has 1 aliphatic rings. The summed E-state index contributed by atoms with van der Waals surface area (Å²) < 4.78 is 1.02. The van der Waals surface area contributed by atoms with E-state index in [0.717, 1.165) is 9.81 Å². The van der Waals surface area contributed by atoms with E-state index in [1.165, 1.54) is 17.6 Å². The Balaban J connectivity index is 2.69. The van der Waals surface area contributed by atoms with Crippen molar-refractivity contribution in [2.75, 3.05) is 0 Å². The number of rotatable bonds is 1. The molecule has 1 rings (SSSR count). The van der Waals surface area contributed by atoms with Crippen LogP contribution in [0.3, 0.4) is 0 Å². The van der Waals surface area contributed by atoms with Crippen LogP contribution in [0, 0.1) is 0 Å². The first-order valence-corrected chi connectivity index (χ1v) is 5.16. The molecule has 60 valence electrons. The maximum absolute atomic E-state index is 3.34. The zero-order valence-corrected chi connectivity index (χ0v) is 9.57. The van der Waals surface area contributed by atoms with Crippen LogP contribution >= 0.6 is 31.9 Å². The first-order chi connectivity index (χ1) is 5.18. The largest absolute Gasteiger partial charge is 0.0730 e. The molecule has 0 heterocycles. The Bertz CT molecular complexity index is 230. The third-order valence-corrected chi connectivity index (χ3v) is 2.14. The highest BCUT2D eigenvalue weighted by atomic mass is 79.9. The van der Waals surface area contributed by atoms with E-state index in [2.05, 4.69) is 57.0 Å². The Morgan fingerprint density at radius 3 is 2.55 bits per heavy atom. The molecule has 0 aromatic carbocycles. The predicted molar refractivity (Wildman–Crippen MR) is 57.0 cm³/mol. The maximum atomic E-state index is 3.34. The summed E-state index contributed by atoms with van der Waals surface area (Å²) in [7, 11) is 0. The van der Waals surface area contributed by atoms with Crippen LogP contribution in [-0.2, 0) is 0 Å². The predicted octanol–water partition coefficient (Wildman–Crippen LogP) is 4.28. The fraction of sp³-hybridized carbons (Fsp3) is 0.333. The van der Waals surface area contributed by atoms with Crippen LogP contribution in [0.25, 0.3) is 0 Å². The van der Waals surface area contributed by atoms with E-state index in [0.29, 0.717) is 0 Å². The van der Waals surface area contributed by atoms with Gasteiger partial charge in [0.2, 0.25) is 0 Å². The van der Waals surface area contributed by atoms with Crippen LogP contribution in [0.2, 0.25) is 0 Å². The molecule has 0 saturated heterocycles. The third-order valence-electron chi connectivity index (χ3n) is 1.68. The fourth-order valence-corrected chi connectivity index (χ4v) is 1.61. The molecule has 0 aliphatic heterocycles. The van der Waals surface area contributed by atoms with E-state index in [1.807, 2.05) is 0 Å². The van der Waals surface area contributed by atoms with E-state index >= 15 is 0 Å². The Hall–Kier alpha value is 0.180. The molecule has 0 N–H and O–H groups in total. The zero-order chi connectivity index (χ0) is 8.27. The summed E-state index contributed by atoms with van der Waals surface area (Å²) >= 11 is 6.68. The third kappa shape index (κ3) is 3.39. The highest BCUT2D eigenvalue weighted by molar-refractivity contribution is 9.28. The summed E-state index contributed by atoms with van der Waals surface area (Å²) in [6, 6.07) is 0. The lowest BCUT2D eigenvalue weighted by Crippen LogP contribution is -1.87. The molecule has 11 heavy (non-hydrogen) atoms. The van der Waals surface area contributed by atoms with Crippen molar-refractivity contribution in [2.45, 2.75) is 19.8 Å². The van der Waals surface area contributed by atoms with Crippen molar-refractivity contribution >= 4 is 31.9 Å². The molecule has 0 unspecified atom stereocenters. The lowest BCUT2D eigenvalue weighted by Gasteiger charge is -2.07. The van der Waals surface area contributed by atoms with Crippen LogP contribution in [0.4, 0.5) is 0 Å². The monoisotopic (exact) mass is 276 g/mol. The van der Waals surface area contributed by atoms with Crippen LogP contribution in [-0.4, -0.2) is 0 Å². The molecule has 0 radical (unpaired) electrons. The highest BCUT2D eigenvalue weighted by Gasteiger charge is 2.00. The first kappa shape index (κ1) is 9.27. The molecular formula is C9H10Br2. The van der Waals surface area contributed by atoms with Gasteiger partial charge in [-0.25, -0.2) is 0 Å². The van der Waals surface area contributed by atoms with Gasteiger partial charge in [0.25, 0.3) is 0 Å². The maximum Gasteiger partial charge on any atom is 0.0606 e. The molecule has 0 aromatic heterocycles. The number of allylic oxidation sites excluding steroid dienone is 5. The minimum absolute atomic E-state index is 1.02. The molecular weight excluding hydrogens is 268 g/mol. The van der Waals surface area contributed by atoms with Gasteiger partial charge in [-0.1, -0.05) is 17.7 Å². The van der Waals surface area contributed by atoms with E-state index in [1.54, 1.807) is 0 Å². The van der Waals surface area contributed by atoms with Gasteiger partial charge in [-0.05, 0) is 63.3 Å². The van der Waals surface area contributed by atoms with Gasteiger partial charge in [-0.3, -0.25) is 0 Å². The first-order valence-electron chi connectivity index (χ1n) is 3.57. The summed E-state index contributed by atoms with van der Waals surface area (Å²) in [6.07, 6.45) is 8.79. The molecule has 0 fully saturated rings. The number of halogens is 2. The highest BCUT2D eigenvalue weighted by Crippen LogP contribution is 2.23. The van der Waals surface area contributed by atoms with E-state index in [4.69, 9.17) is 0 Å². The van der Waals surface area contributed by atoms with Gasteiger partial charge in [0, 0.05) is 0 Å². The van der Waals surface area contributed by atoms with Gasteiger partial charge in [0.05, 0.1) is 3.39 Å². The van der Waals surface area contributed by atoms with Gasteiger partial charge in [-0.15, -0.1) is 0 Å². The topological polar surface area (TPSA) is 0 Å². The Labute approximate surface area is 84.3 Å². The molecule has 0 amide bonds. The molecule has 1 aliphatic carbocycles.